The second kappa shape index (κ2) is 9.43. The van der Waals surface area contributed by atoms with Crippen LogP contribution in [-0.2, 0) is 0 Å². The van der Waals surface area contributed by atoms with Gasteiger partial charge in [0.1, 0.15) is 17.8 Å². The first-order valence-electron chi connectivity index (χ1n) is 12.6. The molecule has 1 unspecified atom stereocenters. The number of ether oxygens (including phenoxy) is 4. The Morgan fingerprint density at radius 1 is 0.825 bits per heavy atom. The lowest BCUT2D eigenvalue weighted by molar-refractivity contribution is 0.354. The van der Waals surface area contributed by atoms with Crippen LogP contribution in [-0.4, -0.2) is 40.9 Å². The third kappa shape index (κ3) is 3.64. The normalized spacial score (nSPS) is 13.9. The fraction of sp³-hybridized carbons (Fsp3) is 0.129. The summed E-state index contributed by atoms with van der Waals surface area (Å²) in [7, 11) is 4.91. The van der Waals surface area contributed by atoms with Crippen LogP contribution in [0.4, 0.5) is 0 Å². The summed E-state index contributed by atoms with van der Waals surface area (Å²) in [5.74, 6) is 3.40. The van der Waals surface area contributed by atoms with Crippen LogP contribution in [0.3, 0.4) is 0 Å². The number of fused-ring (bicyclic) bond motifs is 6. The summed E-state index contributed by atoms with van der Waals surface area (Å²) in [5, 5.41) is 7.15. The Balaban J connectivity index is 1.52. The van der Waals surface area contributed by atoms with Crippen molar-refractivity contribution < 1.29 is 18.9 Å². The molecule has 1 aliphatic rings. The number of benzene rings is 4. The van der Waals surface area contributed by atoms with Gasteiger partial charge in [-0.2, -0.15) is 0 Å². The lowest BCUT2D eigenvalue weighted by Crippen LogP contribution is -2.15. The molecule has 40 heavy (non-hydrogen) atoms. The van der Waals surface area contributed by atoms with E-state index in [1.54, 1.807) is 32.2 Å². The van der Waals surface area contributed by atoms with E-state index in [9.17, 15) is 0 Å². The van der Waals surface area contributed by atoms with Crippen molar-refractivity contribution in [1.82, 2.24) is 19.6 Å². The van der Waals surface area contributed by atoms with Gasteiger partial charge in [0.25, 0.3) is 0 Å². The van der Waals surface area contributed by atoms with E-state index in [0.717, 1.165) is 38.8 Å². The molecule has 1 atom stereocenters. The van der Waals surface area contributed by atoms with Gasteiger partial charge in [-0.15, -0.1) is 5.10 Å². The number of methoxy groups -OCH3 is 3. The average Bonchev–Trinajstić information content (AvgIpc) is 3.43. The molecule has 0 fully saturated rings. The zero-order valence-corrected chi connectivity index (χ0v) is 22.6. The molecule has 0 spiro atoms. The lowest BCUT2D eigenvalue weighted by Gasteiger charge is -2.29. The van der Waals surface area contributed by atoms with Crippen LogP contribution in [0.15, 0.2) is 79.1 Å². The summed E-state index contributed by atoms with van der Waals surface area (Å²) in [6.45, 7) is 0. The van der Waals surface area contributed by atoms with Gasteiger partial charge in [0.15, 0.2) is 23.0 Å². The molecule has 0 N–H and O–H groups in total. The van der Waals surface area contributed by atoms with Crippen molar-refractivity contribution in [2.75, 3.05) is 21.3 Å². The summed E-state index contributed by atoms with van der Waals surface area (Å²) in [4.78, 5) is 9.64. The van der Waals surface area contributed by atoms with Crippen LogP contribution in [0.25, 0.3) is 27.8 Å². The SMILES string of the molecule is COc1ccc(C2c3ccc4c(OC)cccc4c3Oc3ncn4nc(-c5ccccc5Cl)nc4c32)cc1OC. The number of rotatable bonds is 5. The van der Waals surface area contributed by atoms with Crippen molar-refractivity contribution in [3.8, 4) is 40.3 Å². The minimum Gasteiger partial charge on any atom is -0.496 e. The molecule has 1 aliphatic heterocycles. The summed E-state index contributed by atoms with van der Waals surface area (Å²) in [5.41, 5.74) is 4.06. The quantitative estimate of drug-likeness (QED) is 0.230. The molecule has 0 saturated carbocycles. The molecule has 0 saturated heterocycles. The molecule has 8 nitrogen and oxygen atoms in total. The molecule has 0 bridgehead atoms. The summed E-state index contributed by atoms with van der Waals surface area (Å²) in [6, 6.07) is 23.5. The second-order valence-corrected chi connectivity index (χ2v) is 9.74. The van der Waals surface area contributed by atoms with Crippen LogP contribution in [0.2, 0.25) is 5.02 Å². The van der Waals surface area contributed by atoms with Crippen molar-refractivity contribution in [1.29, 1.82) is 0 Å². The Labute approximate surface area is 234 Å². The maximum absolute atomic E-state index is 6.56. The fourth-order valence-corrected chi connectivity index (χ4v) is 5.64. The van der Waals surface area contributed by atoms with E-state index in [0.29, 0.717) is 39.6 Å². The molecule has 0 amide bonds. The third-order valence-corrected chi connectivity index (χ3v) is 7.59. The highest BCUT2D eigenvalue weighted by molar-refractivity contribution is 6.33. The van der Waals surface area contributed by atoms with Crippen molar-refractivity contribution in [2.45, 2.75) is 5.92 Å². The van der Waals surface area contributed by atoms with E-state index in [1.807, 2.05) is 60.7 Å². The number of hydrogen-bond donors (Lipinski definition) is 0. The Bertz CT molecular complexity index is 1940. The molecular weight excluding hydrogens is 528 g/mol. The maximum Gasteiger partial charge on any atom is 0.228 e. The van der Waals surface area contributed by atoms with E-state index in [1.165, 1.54) is 0 Å². The average molecular weight is 551 g/mol. The molecular formula is C31H23ClN4O4. The van der Waals surface area contributed by atoms with Gasteiger partial charge < -0.3 is 18.9 Å². The predicted octanol–water partition coefficient (Wildman–Crippen LogP) is 6.91. The number of nitrogens with zero attached hydrogens (tertiary/aromatic N) is 4. The Hall–Kier alpha value is -4.82. The van der Waals surface area contributed by atoms with Crippen LogP contribution in [0, 0.1) is 0 Å². The lowest BCUT2D eigenvalue weighted by atomic mass is 9.82. The highest BCUT2D eigenvalue weighted by atomic mass is 35.5. The number of hydrogen-bond acceptors (Lipinski definition) is 7. The fourth-order valence-electron chi connectivity index (χ4n) is 5.42. The van der Waals surface area contributed by atoms with Gasteiger partial charge in [-0.25, -0.2) is 14.5 Å². The first-order chi connectivity index (χ1) is 19.6. The topological polar surface area (TPSA) is 80.0 Å². The van der Waals surface area contributed by atoms with Gasteiger partial charge in [-0.05, 0) is 35.9 Å². The molecule has 0 radical (unpaired) electrons. The first-order valence-corrected chi connectivity index (χ1v) is 13.0. The minimum absolute atomic E-state index is 0.298. The van der Waals surface area contributed by atoms with Crippen LogP contribution >= 0.6 is 11.6 Å². The summed E-state index contributed by atoms with van der Waals surface area (Å²) < 4.78 is 25.1. The standard InChI is InChI=1S/C31H23ClN4O4/c1-37-23-10-6-8-19-18(23)12-13-21-26(17-11-14-24(38-2)25(15-17)39-3)27-30-34-29(20-7-4-5-9-22(20)32)35-36(30)16-33-31(27)40-28(19)21/h4-16,26H,1-3H3. The minimum atomic E-state index is -0.298. The number of aromatic nitrogens is 4. The van der Waals surface area contributed by atoms with Crippen molar-refractivity contribution in [3.63, 3.8) is 0 Å². The van der Waals surface area contributed by atoms with Gasteiger partial charge in [0, 0.05) is 27.8 Å². The van der Waals surface area contributed by atoms with E-state index in [-0.39, 0.29) is 5.92 Å². The van der Waals surface area contributed by atoms with Crippen LogP contribution in [0.1, 0.15) is 22.6 Å². The smallest absolute Gasteiger partial charge is 0.228 e. The van der Waals surface area contributed by atoms with Crippen molar-refractivity contribution in [2.24, 2.45) is 0 Å². The van der Waals surface area contributed by atoms with Crippen LogP contribution in [0.5, 0.6) is 28.9 Å². The molecule has 2 aromatic heterocycles. The van der Waals surface area contributed by atoms with Gasteiger partial charge in [-0.1, -0.05) is 54.1 Å². The molecule has 4 aromatic carbocycles. The zero-order chi connectivity index (χ0) is 27.4. The second-order valence-electron chi connectivity index (χ2n) is 9.34. The Morgan fingerprint density at radius 2 is 1.65 bits per heavy atom. The van der Waals surface area contributed by atoms with Gasteiger partial charge >= 0.3 is 0 Å². The summed E-state index contributed by atoms with van der Waals surface area (Å²) >= 11 is 6.50. The molecule has 6 aromatic rings. The molecule has 3 heterocycles. The molecule has 198 valence electrons. The van der Waals surface area contributed by atoms with E-state index >= 15 is 0 Å². The first kappa shape index (κ1) is 24.2. The Kier molecular flexibility index (Phi) is 5.71. The van der Waals surface area contributed by atoms with Gasteiger partial charge in [-0.3, -0.25) is 0 Å². The molecule has 7 rings (SSSR count). The maximum atomic E-state index is 6.56. The number of halogens is 1. The zero-order valence-electron chi connectivity index (χ0n) is 21.9. The third-order valence-electron chi connectivity index (χ3n) is 7.26. The van der Waals surface area contributed by atoms with E-state index in [2.05, 4.69) is 12.1 Å². The Morgan fingerprint density at radius 3 is 2.45 bits per heavy atom. The van der Waals surface area contributed by atoms with E-state index < -0.39 is 0 Å². The highest BCUT2D eigenvalue weighted by Crippen LogP contribution is 2.52. The van der Waals surface area contributed by atoms with Crippen molar-refractivity contribution in [3.05, 3.63) is 101 Å². The van der Waals surface area contributed by atoms with Gasteiger partial charge in [0.2, 0.25) is 5.88 Å². The largest absolute Gasteiger partial charge is 0.496 e. The molecule has 9 heteroatoms. The van der Waals surface area contributed by atoms with Crippen LogP contribution < -0.4 is 18.9 Å². The van der Waals surface area contributed by atoms with E-state index in [4.69, 9.17) is 45.6 Å². The predicted molar refractivity (Wildman–Crippen MR) is 152 cm³/mol. The van der Waals surface area contributed by atoms with Gasteiger partial charge in [0.05, 0.1) is 31.9 Å². The molecule has 0 aliphatic carbocycles. The highest BCUT2D eigenvalue weighted by Gasteiger charge is 2.35. The summed E-state index contributed by atoms with van der Waals surface area (Å²) in [6.07, 6.45) is 1.61. The van der Waals surface area contributed by atoms with Crippen molar-refractivity contribution >= 4 is 28.0 Å². The monoisotopic (exact) mass is 550 g/mol.